The fourth-order valence-electron chi connectivity index (χ4n) is 2.39. The number of carbonyl (C=O) groups excluding carboxylic acids is 1. The zero-order valence-corrected chi connectivity index (χ0v) is 14.5. The molecular formula is C14H21ClN2O4S. The highest BCUT2D eigenvalue weighted by molar-refractivity contribution is 7.89. The lowest BCUT2D eigenvalue weighted by Crippen LogP contribution is -2.51. The van der Waals surface area contributed by atoms with Crippen LogP contribution in [0.3, 0.4) is 0 Å². The van der Waals surface area contributed by atoms with Gasteiger partial charge in [-0.2, -0.15) is 4.31 Å². The first kappa shape index (κ1) is 18.9. The van der Waals surface area contributed by atoms with Crippen LogP contribution in [0.2, 0.25) is 0 Å². The van der Waals surface area contributed by atoms with E-state index in [9.17, 15) is 13.2 Å². The van der Waals surface area contributed by atoms with Gasteiger partial charge in [-0.05, 0) is 26.0 Å². The van der Waals surface area contributed by atoms with Gasteiger partial charge in [0.1, 0.15) is 0 Å². The van der Waals surface area contributed by atoms with Gasteiger partial charge in [0.05, 0.1) is 17.6 Å². The number of carbonyl (C=O) groups is 1. The van der Waals surface area contributed by atoms with Crippen molar-refractivity contribution in [2.75, 3.05) is 26.7 Å². The Morgan fingerprint density at radius 1 is 1.41 bits per heavy atom. The third kappa shape index (κ3) is 3.78. The first-order valence-electron chi connectivity index (χ1n) is 6.78. The molecule has 0 aromatic heterocycles. The second-order valence-electron chi connectivity index (χ2n) is 5.21. The number of esters is 1. The van der Waals surface area contributed by atoms with Crippen LogP contribution in [0.25, 0.3) is 0 Å². The number of rotatable bonds is 3. The lowest BCUT2D eigenvalue weighted by molar-refractivity contribution is 0.0596. The highest BCUT2D eigenvalue weighted by atomic mass is 35.5. The number of hydrogen-bond donors (Lipinski definition) is 1. The van der Waals surface area contributed by atoms with Gasteiger partial charge in [-0.15, -0.1) is 12.4 Å². The van der Waals surface area contributed by atoms with Crippen molar-refractivity contribution in [1.29, 1.82) is 0 Å². The van der Waals surface area contributed by atoms with Crippen LogP contribution >= 0.6 is 12.4 Å². The summed E-state index contributed by atoms with van der Waals surface area (Å²) in [5.41, 5.74) is 0.895. The molecule has 0 spiro atoms. The molecule has 1 N–H and O–H groups in total. The molecule has 1 saturated heterocycles. The van der Waals surface area contributed by atoms with E-state index in [1.165, 1.54) is 17.5 Å². The minimum atomic E-state index is -3.70. The van der Waals surface area contributed by atoms with E-state index in [4.69, 9.17) is 4.74 Å². The number of aryl methyl sites for hydroxylation is 1. The van der Waals surface area contributed by atoms with E-state index in [0.29, 0.717) is 19.6 Å². The molecule has 2 rings (SSSR count). The summed E-state index contributed by atoms with van der Waals surface area (Å²) in [5.74, 6) is -0.638. The fraction of sp³-hybridized carbons (Fsp3) is 0.500. The molecular weight excluding hydrogens is 328 g/mol. The summed E-state index contributed by atoms with van der Waals surface area (Å²) in [7, 11) is -2.46. The zero-order chi connectivity index (χ0) is 15.6. The Kier molecular flexibility index (Phi) is 6.37. The Labute approximate surface area is 137 Å². The van der Waals surface area contributed by atoms with E-state index in [-0.39, 0.29) is 28.9 Å². The first-order valence-corrected chi connectivity index (χ1v) is 8.22. The van der Waals surface area contributed by atoms with Gasteiger partial charge in [-0.1, -0.05) is 11.6 Å². The predicted molar refractivity (Wildman–Crippen MR) is 86.0 cm³/mol. The minimum absolute atomic E-state index is 0. The van der Waals surface area contributed by atoms with Gasteiger partial charge in [0.25, 0.3) is 0 Å². The average Bonchev–Trinajstić information content (AvgIpc) is 2.46. The van der Waals surface area contributed by atoms with Gasteiger partial charge in [-0.3, -0.25) is 0 Å². The van der Waals surface area contributed by atoms with Crippen molar-refractivity contribution in [3.05, 3.63) is 29.3 Å². The van der Waals surface area contributed by atoms with E-state index in [0.717, 1.165) is 5.56 Å². The fourth-order valence-corrected chi connectivity index (χ4v) is 4.08. The van der Waals surface area contributed by atoms with Gasteiger partial charge < -0.3 is 10.1 Å². The van der Waals surface area contributed by atoms with E-state index in [1.54, 1.807) is 19.1 Å². The maximum absolute atomic E-state index is 12.8. The third-order valence-electron chi connectivity index (χ3n) is 3.49. The molecule has 6 nitrogen and oxygen atoms in total. The van der Waals surface area contributed by atoms with Crippen molar-refractivity contribution < 1.29 is 17.9 Å². The number of nitrogens with one attached hydrogen (secondary N) is 1. The summed E-state index contributed by atoms with van der Waals surface area (Å²) in [4.78, 5) is 11.9. The Morgan fingerprint density at radius 3 is 2.68 bits per heavy atom. The van der Waals surface area contributed by atoms with Crippen LogP contribution in [-0.2, 0) is 14.8 Å². The second kappa shape index (κ2) is 7.41. The van der Waals surface area contributed by atoms with Crippen LogP contribution < -0.4 is 5.32 Å². The summed E-state index contributed by atoms with van der Waals surface area (Å²) in [6, 6.07) is 4.79. The van der Waals surface area contributed by atoms with E-state index in [2.05, 4.69) is 5.32 Å². The number of piperazine rings is 1. The normalized spacial score (nSPS) is 19.3. The molecule has 8 heteroatoms. The average molecular weight is 349 g/mol. The SMILES string of the molecule is COC(=O)c1cc(C)ccc1S(=O)(=O)N1CCNC(C)C1.Cl. The van der Waals surface area contributed by atoms with Crippen LogP contribution in [0.1, 0.15) is 22.8 Å². The number of nitrogens with zero attached hydrogens (tertiary/aromatic N) is 1. The van der Waals surface area contributed by atoms with Crippen LogP contribution in [-0.4, -0.2) is 51.5 Å². The zero-order valence-electron chi connectivity index (χ0n) is 12.8. The molecule has 1 atom stereocenters. The summed E-state index contributed by atoms with van der Waals surface area (Å²) < 4.78 is 31.7. The maximum Gasteiger partial charge on any atom is 0.339 e. The van der Waals surface area contributed by atoms with Crippen molar-refractivity contribution in [1.82, 2.24) is 9.62 Å². The van der Waals surface area contributed by atoms with Crippen LogP contribution in [0.15, 0.2) is 23.1 Å². The molecule has 0 amide bonds. The van der Waals surface area contributed by atoms with Gasteiger partial charge in [0.15, 0.2) is 0 Å². The lowest BCUT2D eigenvalue weighted by Gasteiger charge is -2.31. The largest absolute Gasteiger partial charge is 0.465 e. The van der Waals surface area contributed by atoms with Gasteiger partial charge >= 0.3 is 5.97 Å². The van der Waals surface area contributed by atoms with Crippen LogP contribution in [0.4, 0.5) is 0 Å². The molecule has 0 bridgehead atoms. The smallest absolute Gasteiger partial charge is 0.339 e. The highest BCUT2D eigenvalue weighted by Crippen LogP contribution is 2.23. The number of halogens is 1. The van der Waals surface area contributed by atoms with Crippen molar-refractivity contribution in [2.24, 2.45) is 0 Å². The molecule has 1 aromatic rings. The molecule has 1 aliphatic rings. The number of methoxy groups -OCH3 is 1. The molecule has 0 aliphatic carbocycles. The van der Waals surface area contributed by atoms with E-state index < -0.39 is 16.0 Å². The molecule has 22 heavy (non-hydrogen) atoms. The lowest BCUT2D eigenvalue weighted by atomic mass is 10.1. The highest BCUT2D eigenvalue weighted by Gasteiger charge is 2.31. The Hall–Kier alpha value is -1.15. The van der Waals surface area contributed by atoms with Gasteiger partial charge in [0, 0.05) is 25.7 Å². The summed E-state index contributed by atoms with van der Waals surface area (Å²) >= 11 is 0. The van der Waals surface area contributed by atoms with Crippen molar-refractivity contribution >= 4 is 28.4 Å². The molecule has 0 saturated carbocycles. The maximum atomic E-state index is 12.8. The van der Waals surface area contributed by atoms with Crippen LogP contribution in [0, 0.1) is 6.92 Å². The van der Waals surface area contributed by atoms with Gasteiger partial charge in [-0.25, -0.2) is 13.2 Å². The Bertz CT molecular complexity index is 648. The minimum Gasteiger partial charge on any atom is -0.465 e. The predicted octanol–water partition coefficient (Wildman–Crippen LogP) is 1.19. The molecule has 1 unspecified atom stereocenters. The molecule has 1 aliphatic heterocycles. The van der Waals surface area contributed by atoms with E-state index >= 15 is 0 Å². The molecule has 0 radical (unpaired) electrons. The standard InChI is InChI=1S/C14H20N2O4S.ClH/c1-10-4-5-13(12(8-10)14(17)20-3)21(18,19)16-7-6-15-11(2)9-16;/h4-5,8,11,15H,6-7,9H2,1-3H3;1H. The summed E-state index contributed by atoms with van der Waals surface area (Å²) in [6.07, 6.45) is 0. The van der Waals surface area contributed by atoms with Crippen molar-refractivity contribution in [2.45, 2.75) is 24.8 Å². The third-order valence-corrected chi connectivity index (χ3v) is 5.41. The summed E-state index contributed by atoms with van der Waals surface area (Å²) in [6.45, 7) is 5.10. The topological polar surface area (TPSA) is 75.7 Å². The second-order valence-corrected chi connectivity index (χ2v) is 7.12. The number of ether oxygens (including phenoxy) is 1. The molecule has 1 aromatic carbocycles. The number of sulfonamides is 1. The van der Waals surface area contributed by atoms with Crippen molar-refractivity contribution in [3.8, 4) is 0 Å². The number of benzene rings is 1. The number of hydrogen-bond acceptors (Lipinski definition) is 5. The van der Waals surface area contributed by atoms with E-state index in [1.807, 2.05) is 6.92 Å². The Balaban J connectivity index is 0.00000242. The first-order chi connectivity index (χ1) is 9.86. The van der Waals surface area contributed by atoms with Gasteiger partial charge in [0.2, 0.25) is 10.0 Å². The van der Waals surface area contributed by atoms with Crippen LogP contribution in [0.5, 0.6) is 0 Å². The molecule has 124 valence electrons. The Morgan fingerprint density at radius 2 is 2.09 bits per heavy atom. The molecule has 1 fully saturated rings. The van der Waals surface area contributed by atoms with Crippen molar-refractivity contribution in [3.63, 3.8) is 0 Å². The monoisotopic (exact) mass is 348 g/mol. The molecule has 1 heterocycles. The summed E-state index contributed by atoms with van der Waals surface area (Å²) in [5, 5.41) is 3.20. The quantitative estimate of drug-likeness (QED) is 0.830.